The Morgan fingerprint density at radius 3 is 1.28 bits per heavy atom. The molecule has 0 amide bonds. The number of phenolic OH excluding ortho intramolecular Hbond substituents is 3. The number of phenols is 3. The van der Waals surface area contributed by atoms with Gasteiger partial charge >= 0.3 is 0 Å². The molecule has 3 aromatic carbocycles. The summed E-state index contributed by atoms with van der Waals surface area (Å²) in [6.45, 7) is 0. The molecule has 0 spiro atoms. The Balaban J connectivity index is 1.72. The van der Waals surface area contributed by atoms with Crippen molar-refractivity contribution in [3.05, 3.63) is 76.9 Å². The van der Waals surface area contributed by atoms with Crippen LogP contribution in [0.4, 0.5) is 0 Å². The van der Waals surface area contributed by atoms with Crippen LogP contribution in [-0.4, -0.2) is 29.5 Å². The van der Waals surface area contributed by atoms with Gasteiger partial charge in [-0.2, -0.15) is 0 Å². The average Bonchev–Trinajstić information content (AvgIpc) is 2.77. The van der Waals surface area contributed by atoms with Gasteiger partial charge in [-0.05, 0) is 78.3 Å². The van der Waals surface area contributed by atoms with Crippen LogP contribution in [0, 0.1) is 0 Å². The zero-order chi connectivity index (χ0) is 20.8. The predicted molar refractivity (Wildman–Crippen MR) is 112 cm³/mol. The van der Waals surface area contributed by atoms with Gasteiger partial charge in [-0.1, -0.05) is 24.3 Å². The lowest BCUT2D eigenvalue weighted by Crippen LogP contribution is -1.98. The number of hydrogen-bond donors (Lipinski definition) is 3. The molecule has 0 saturated heterocycles. The number of ether oxygens (including phenoxy) is 2. The molecule has 0 aliphatic carbocycles. The zero-order valence-electron chi connectivity index (χ0n) is 16.7. The largest absolute Gasteiger partial charge is 0.504 e. The third kappa shape index (κ3) is 4.93. The molecular formula is C24H26O5. The first-order valence-electron chi connectivity index (χ1n) is 9.53. The van der Waals surface area contributed by atoms with Crippen LogP contribution in [0.15, 0.2) is 54.6 Å². The SMILES string of the molecule is COc1ccc(CCc2cc(CCc3ccc(OC)cc3)c(O)c(O)c2O)cc1. The van der Waals surface area contributed by atoms with E-state index < -0.39 is 5.75 Å². The molecule has 0 aromatic heterocycles. The van der Waals surface area contributed by atoms with E-state index in [1.807, 2.05) is 48.5 Å². The summed E-state index contributed by atoms with van der Waals surface area (Å²) in [5.74, 6) is 0.606. The lowest BCUT2D eigenvalue weighted by Gasteiger charge is -2.13. The van der Waals surface area contributed by atoms with Gasteiger partial charge < -0.3 is 24.8 Å². The Kier molecular flexibility index (Phi) is 6.50. The van der Waals surface area contributed by atoms with Crippen molar-refractivity contribution >= 4 is 0 Å². The normalized spacial score (nSPS) is 10.7. The fraction of sp³-hybridized carbons (Fsp3) is 0.250. The quantitative estimate of drug-likeness (QED) is 0.494. The molecule has 0 unspecified atom stereocenters. The Morgan fingerprint density at radius 1 is 0.552 bits per heavy atom. The highest BCUT2D eigenvalue weighted by molar-refractivity contribution is 5.58. The molecule has 29 heavy (non-hydrogen) atoms. The van der Waals surface area contributed by atoms with Gasteiger partial charge in [-0.15, -0.1) is 0 Å². The van der Waals surface area contributed by atoms with Crippen LogP contribution in [0.2, 0.25) is 0 Å². The molecule has 3 N–H and O–H groups in total. The van der Waals surface area contributed by atoms with Crippen LogP contribution in [0.25, 0.3) is 0 Å². The third-order valence-electron chi connectivity index (χ3n) is 5.09. The van der Waals surface area contributed by atoms with Gasteiger partial charge in [-0.3, -0.25) is 0 Å². The molecule has 152 valence electrons. The van der Waals surface area contributed by atoms with E-state index in [-0.39, 0.29) is 11.5 Å². The molecule has 0 heterocycles. The fourth-order valence-electron chi connectivity index (χ4n) is 3.29. The summed E-state index contributed by atoms with van der Waals surface area (Å²) in [7, 11) is 3.25. The zero-order valence-corrected chi connectivity index (χ0v) is 16.7. The maximum atomic E-state index is 10.3. The Hall–Kier alpha value is -3.34. The topological polar surface area (TPSA) is 79.2 Å². The van der Waals surface area contributed by atoms with Crippen LogP contribution >= 0.6 is 0 Å². The number of benzene rings is 3. The number of hydrogen-bond acceptors (Lipinski definition) is 5. The predicted octanol–water partition coefficient (Wildman–Crippen LogP) is 4.39. The van der Waals surface area contributed by atoms with Gasteiger partial charge in [-0.25, -0.2) is 0 Å². The maximum absolute atomic E-state index is 10.3. The molecule has 5 heteroatoms. The summed E-state index contributed by atoms with van der Waals surface area (Å²) in [5.41, 5.74) is 3.41. The van der Waals surface area contributed by atoms with Gasteiger partial charge in [0.1, 0.15) is 11.5 Å². The van der Waals surface area contributed by atoms with Crippen molar-refractivity contribution in [3.63, 3.8) is 0 Å². The molecule has 3 aromatic rings. The summed E-state index contributed by atoms with van der Waals surface area (Å²) in [5, 5.41) is 30.7. The highest BCUT2D eigenvalue weighted by atomic mass is 16.5. The smallest absolute Gasteiger partial charge is 0.200 e. The molecule has 0 saturated carbocycles. The molecule has 0 aliphatic rings. The van der Waals surface area contributed by atoms with Gasteiger partial charge in [0.25, 0.3) is 0 Å². The Labute approximate surface area is 170 Å². The molecule has 0 atom stereocenters. The van der Waals surface area contributed by atoms with Crippen molar-refractivity contribution in [2.45, 2.75) is 25.7 Å². The van der Waals surface area contributed by atoms with Crippen LogP contribution in [-0.2, 0) is 25.7 Å². The van der Waals surface area contributed by atoms with E-state index in [2.05, 4.69) is 0 Å². The Bertz CT molecular complexity index is 871. The van der Waals surface area contributed by atoms with Crippen molar-refractivity contribution in [2.75, 3.05) is 14.2 Å². The number of aromatic hydroxyl groups is 3. The lowest BCUT2D eigenvalue weighted by molar-refractivity contribution is 0.362. The highest BCUT2D eigenvalue weighted by Gasteiger charge is 2.16. The van der Waals surface area contributed by atoms with Crippen molar-refractivity contribution < 1.29 is 24.8 Å². The summed E-state index contributed by atoms with van der Waals surface area (Å²) < 4.78 is 10.3. The van der Waals surface area contributed by atoms with E-state index in [0.717, 1.165) is 22.6 Å². The minimum Gasteiger partial charge on any atom is -0.504 e. The van der Waals surface area contributed by atoms with Crippen LogP contribution in [0.3, 0.4) is 0 Å². The first-order valence-corrected chi connectivity index (χ1v) is 9.53. The minimum atomic E-state index is -0.457. The molecule has 0 radical (unpaired) electrons. The second-order valence-corrected chi connectivity index (χ2v) is 6.94. The van der Waals surface area contributed by atoms with Crippen LogP contribution in [0.5, 0.6) is 28.7 Å². The molecule has 0 aliphatic heterocycles. The van der Waals surface area contributed by atoms with E-state index in [1.165, 1.54) is 0 Å². The standard InChI is InChI=1S/C24H26O5/c1-28-20-11-5-16(6-12-20)3-9-18-15-19(23(26)24(27)22(18)25)10-4-17-7-13-21(29-2)14-8-17/h5-8,11-15,25-27H,3-4,9-10H2,1-2H3. The van der Waals surface area contributed by atoms with Crippen molar-refractivity contribution in [1.29, 1.82) is 0 Å². The first-order chi connectivity index (χ1) is 14.0. The van der Waals surface area contributed by atoms with E-state index in [1.54, 1.807) is 20.3 Å². The van der Waals surface area contributed by atoms with E-state index in [9.17, 15) is 15.3 Å². The molecule has 0 fully saturated rings. The van der Waals surface area contributed by atoms with E-state index in [0.29, 0.717) is 36.8 Å². The van der Waals surface area contributed by atoms with Gasteiger partial charge in [0.05, 0.1) is 14.2 Å². The minimum absolute atomic E-state index is 0.260. The van der Waals surface area contributed by atoms with Crippen LogP contribution in [0.1, 0.15) is 22.3 Å². The van der Waals surface area contributed by atoms with Gasteiger partial charge in [0, 0.05) is 0 Å². The van der Waals surface area contributed by atoms with E-state index >= 15 is 0 Å². The summed E-state index contributed by atoms with van der Waals surface area (Å²) in [4.78, 5) is 0. The van der Waals surface area contributed by atoms with Gasteiger partial charge in [0.15, 0.2) is 11.5 Å². The second-order valence-electron chi connectivity index (χ2n) is 6.94. The number of rotatable bonds is 8. The summed E-state index contributed by atoms with van der Waals surface area (Å²) in [6, 6.07) is 17.2. The molecule has 0 bridgehead atoms. The van der Waals surface area contributed by atoms with Crippen molar-refractivity contribution in [3.8, 4) is 28.7 Å². The fourth-order valence-corrected chi connectivity index (χ4v) is 3.29. The van der Waals surface area contributed by atoms with Crippen molar-refractivity contribution in [1.82, 2.24) is 0 Å². The molecule has 5 nitrogen and oxygen atoms in total. The summed E-state index contributed by atoms with van der Waals surface area (Å²) >= 11 is 0. The molecular weight excluding hydrogens is 368 g/mol. The summed E-state index contributed by atoms with van der Waals surface area (Å²) in [6.07, 6.45) is 2.47. The lowest BCUT2D eigenvalue weighted by atomic mass is 9.97. The van der Waals surface area contributed by atoms with Crippen LogP contribution < -0.4 is 9.47 Å². The third-order valence-corrected chi connectivity index (χ3v) is 5.09. The first kappa shape index (κ1) is 20.4. The Morgan fingerprint density at radius 2 is 0.931 bits per heavy atom. The van der Waals surface area contributed by atoms with Crippen molar-refractivity contribution in [2.24, 2.45) is 0 Å². The molecule has 3 rings (SSSR count). The second kappa shape index (κ2) is 9.24. The number of methoxy groups -OCH3 is 2. The average molecular weight is 394 g/mol. The number of aryl methyl sites for hydroxylation is 4. The van der Waals surface area contributed by atoms with E-state index in [4.69, 9.17) is 9.47 Å². The van der Waals surface area contributed by atoms with Gasteiger partial charge in [0.2, 0.25) is 5.75 Å². The monoisotopic (exact) mass is 394 g/mol. The maximum Gasteiger partial charge on any atom is 0.200 e. The highest BCUT2D eigenvalue weighted by Crippen LogP contribution is 2.41.